The number of aryl methyl sites for hydroxylation is 1. The molecule has 0 bridgehead atoms. The van der Waals surface area contributed by atoms with Gasteiger partial charge in [-0.25, -0.2) is 0 Å². The van der Waals surface area contributed by atoms with Crippen LogP contribution in [0.3, 0.4) is 0 Å². The van der Waals surface area contributed by atoms with Crippen molar-refractivity contribution in [3.63, 3.8) is 0 Å². The number of furan rings is 1. The molecular weight excluding hydrogens is 292 g/mol. The predicted octanol–water partition coefficient (Wildman–Crippen LogP) is 4.17. The molecule has 0 atom stereocenters. The lowest BCUT2D eigenvalue weighted by Crippen LogP contribution is -2.20. The van der Waals surface area contributed by atoms with Gasteiger partial charge >= 0.3 is 0 Å². The second-order valence-electron chi connectivity index (χ2n) is 5.84. The van der Waals surface area contributed by atoms with Crippen LogP contribution in [0.2, 0.25) is 0 Å². The van der Waals surface area contributed by atoms with Crippen molar-refractivity contribution in [2.45, 2.75) is 27.7 Å². The minimum Gasteiger partial charge on any atom is -0.451 e. The van der Waals surface area contributed by atoms with Crippen LogP contribution in [-0.2, 0) is 0 Å². The van der Waals surface area contributed by atoms with Gasteiger partial charge in [0.25, 0.3) is 0 Å². The normalized spacial score (nSPS) is 14.3. The van der Waals surface area contributed by atoms with E-state index in [0.29, 0.717) is 16.7 Å². The highest BCUT2D eigenvalue weighted by molar-refractivity contribution is 6.30. The third-order valence-electron chi connectivity index (χ3n) is 4.24. The summed E-state index contributed by atoms with van der Waals surface area (Å²) in [6.45, 7) is 6.50. The van der Waals surface area contributed by atoms with Gasteiger partial charge in [0.2, 0.25) is 0 Å². The van der Waals surface area contributed by atoms with Crippen LogP contribution in [0.4, 0.5) is 0 Å². The fourth-order valence-corrected chi connectivity index (χ4v) is 2.74. The van der Waals surface area contributed by atoms with Crippen LogP contribution in [-0.4, -0.2) is 17.3 Å². The Morgan fingerprint density at radius 1 is 0.870 bits per heavy atom. The van der Waals surface area contributed by atoms with Gasteiger partial charge < -0.3 is 4.42 Å². The summed E-state index contributed by atoms with van der Waals surface area (Å²) in [6, 6.07) is 7.41. The summed E-state index contributed by atoms with van der Waals surface area (Å²) in [5, 5.41) is 0. The molecule has 1 heterocycles. The van der Waals surface area contributed by atoms with Gasteiger partial charge in [-0.05, 0) is 20.8 Å². The number of Topliss-reactive ketones (excluding diaryl/α,β-unsaturated/α-hetero) is 3. The molecule has 1 aromatic heterocycles. The number of carbonyl (C=O) groups excluding carboxylic acids is 3. The van der Waals surface area contributed by atoms with E-state index in [2.05, 4.69) is 0 Å². The number of allylic oxidation sites excluding steroid dienone is 2. The molecule has 0 saturated heterocycles. The summed E-state index contributed by atoms with van der Waals surface area (Å²) in [5.74, 6) is -0.697. The van der Waals surface area contributed by atoms with Crippen molar-refractivity contribution in [2.75, 3.05) is 0 Å². The van der Waals surface area contributed by atoms with Gasteiger partial charge in [-0.2, -0.15) is 0 Å². The second-order valence-corrected chi connectivity index (χ2v) is 5.84. The third kappa shape index (κ3) is 2.18. The topological polar surface area (TPSA) is 64.3 Å². The average Bonchev–Trinajstić information content (AvgIpc) is 2.92. The Bertz CT molecular complexity index is 892. The zero-order valence-corrected chi connectivity index (χ0v) is 13.4. The lowest BCUT2D eigenvalue weighted by Gasteiger charge is -2.14. The highest BCUT2D eigenvalue weighted by Crippen LogP contribution is 2.38. The number of ketones is 3. The van der Waals surface area contributed by atoms with Crippen LogP contribution >= 0.6 is 0 Å². The summed E-state index contributed by atoms with van der Waals surface area (Å²) in [5.41, 5.74) is 2.80. The number of benzene rings is 1. The first kappa shape index (κ1) is 15.2. The van der Waals surface area contributed by atoms with E-state index in [0.717, 1.165) is 5.56 Å². The maximum Gasteiger partial charge on any atom is 0.195 e. The fourth-order valence-electron chi connectivity index (χ4n) is 2.74. The minimum atomic E-state index is -0.367. The highest BCUT2D eigenvalue weighted by atomic mass is 16.4. The molecule has 0 N–H and O–H groups in total. The van der Waals surface area contributed by atoms with Crippen LogP contribution in [0.15, 0.2) is 39.8 Å². The summed E-state index contributed by atoms with van der Waals surface area (Å²) in [7, 11) is 0. The molecule has 0 fully saturated rings. The maximum atomic E-state index is 12.7. The zero-order valence-electron chi connectivity index (χ0n) is 13.4. The van der Waals surface area contributed by atoms with E-state index in [9.17, 15) is 14.4 Å². The molecule has 1 aliphatic carbocycles. The summed E-state index contributed by atoms with van der Waals surface area (Å²) in [4.78, 5) is 37.1. The maximum absolute atomic E-state index is 12.7. The molecule has 1 aliphatic rings. The van der Waals surface area contributed by atoms with Crippen LogP contribution in [0.1, 0.15) is 57.6 Å². The SMILES string of the molecule is CC(=O)c1oc(-c2ccc(C)cc2)c2c1C(=O)C(C)=C(C)C2=O. The number of fused-ring (bicyclic) bond motifs is 1. The van der Waals surface area contributed by atoms with Crippen LogP contribution in [0.5, 0.6) is 0 Å². The third-order valence-corrected chi connectivity index (χ3v) is 4.24. The Labute approximate surface area is 133 Å². The lowest BCUT2D eigenvalue weighted by molar-refractivity contribution is 0.0957. The fraction of sp³-hybridized carbons (Fsp3) is 0.211. The van der Waals surface area contributed by atoms with Crippen molar-refractivity contribution in [2.24, 2.45) is 0 Å². The van der Waals surface area contributed by atoms with E-state index in [1.165, 1.54) is 6.92 Å². The molecule has 4 heteroatoms. The smallest absolute Gasteiger partial charge is 0.195 e. The van der Waals surface area contributed by atoms with Crippen molar-refractivity contribution in [1.29, 1.82) is 0 Å². The molecule has 4 nitrogen and oxygen atoms in total. The van der Waals surface area contributed by atoms with Gasteiger partial charge in [-0.3, -0.25) is 14.4 Å². The van der Waals surface area contributed by atoms with Crippen LogP contribution in [0, 0.1) is 6.92 Å². The number of hydrogen-bond acceptors (Lipinski definition) is 4. The largest absolute Gasteiger partial charge is 0.451 e. The number of rotatable bonds is 2. The first-order valence-electron chi connectivity index (χ1n) is 7.34. The number of carbonyl (C=O) groups is 3. The Morgan fingerprint density at radius 3 is 1.91 bits per heavy atom. The summed E-state index contributed by atoms with van der Waals surface area (Å²) >= 11 is 0. The van der Waals surface area contributed by atoms with Crippen LogP contribution in [0.25, 0.3) is 11.3 Å². The summed E-state index contributed by atoms with van der Waals surface area (Å²) in [6.07, 6.45) is 0. The van der Waals surface area contributed by atoms with Crippen molar-refractivity contribution in [3.05, 3.63) is 57.9 Å². The minimum absolute atomic E-state index is 0.0409. The van der Waals surface area contributed by atoms with Crippen molar-refractivity contribution in [3.8, 4) is 11.3 Å². The van der Waals surface area contributed by atoms with Gasteiger partial charge in [0.1, 0.15) is 5.76 Å². The van der Waals surface area contributed by atoms with Gasteiger partial charge in [-0.1, -0.05) is 29.8 Å². The molecule has 1 aromatic carbocycles. The molecule has 0 amide bonds. The van der Waals surface area contributed by atoms with Gasteiger partial charge in [0.15, 0.2) is 23.1 Å². The van der Waals surface area contributed by atoms with E-state index in [-0.39, 0.29) is 40.0 Å². The van der Waals surface area contributed by atoms with Gasteiger partial charge in [-0.15, -0.1) is 0 Å². The van der Waals surface area contributed by atoms with Crippen molar-refractivity contribution in [1.82, 2.24) is 0 Å². The Morgan fingerprint density at radius 2 is 1.39 bits per heavy atom. The molecule has 2 aromatic rings. The molecule has 23 heavy (non-hydrogen) atoms. The van der Waals surface area contributed by atoms with Gasteiger partial charge in [0.05, 0.1) is 11.1 Å². The van der Waals surface area contributed by atoms with E-state index in [1.54, 1.807) is 13.8 Å². The molecule has 116 valence electrons. The molecule has 0 saturated carbocycles. The lowest BCUT2D eigenvalue weighted by atomic mass is 9.84. The first-order chi connectivity index (χ1) is 10.8. The van der Waals surface area contributed by atoms with E-state index in [1.807, 2.05) is 31.2 Å². The predicted molar refractivity (Wildman–Crippen MR) is 85.9 cm³/mol. The summed E-state index contributed by atoms with van der Waals surface area (Å²) < 4.78 is 5.67. The molecule has 0 radical (unpaired) electrons. The average molecular weight is 308 g/mol. The molecule has 3 rings (SSSR count). The Kier molecular flexibility index (Phi) is 3.40. The first-order valence-corrected chi connectivity index (χ1v) is 7.34. The van der Waals surface area contributed by atoms with E-state index >= 15 is 0 Å². The van der Waals surface area contributed by atoms with E-state index < -0.39 is 0 Å². The van der Waals surface area contributed by atoms with Crippen molar-refractivity contribution < 1.29 is 18.8 Å². The highest BCUT2D eigenvalue weighted by Gasteiger charge is 2.37. The van der Waals surface area contributed by atoms with Gasteiger partial charge in [0, 0.05) is 23.6 Å². The monoisotopic (exact) mass is 308 g/mol. The quantitative estimate of drug-likeness (QED) is 0.781. The Hall–Kier alpha value is -2.75. The van der Waals surface area contributed by atoms with Crippen molar-refractivity contribution >= 4 is 17.3 Å². The molecular formula is C19H16O4. The molecule has 0 aliphatic heterocycles. The molecule has 0 unspecified atom stereocenters. The van der Waals surface area contributed by atoms with E-state index in [4.69, 9.17) is 4.42 Å². The Balaban J connectivity index is 2.35. The molecule has 0 spiro atoms. The van der Waals surface area contributed by atoms with Crippen LogP contribution < -0.4 is 0 Å². The second kappa shape index (κ2) is 5.16. The zero-order chi connectivity index (χ0) is 16.9. The number of hydrogen-bond donors (Lipinski definition) is 0. The standard InChI is InChI=1S/C19H16O4/c1-9-5-7-13(8-6-9)19-15-14(18(23-19)12(4)20)16(21)10(2)11(3)17(15)22/h5-8H,1-4H3.